The molecule has 2 N–H and O–H groups in total. The Morgan fingerprint density at radius 2 is 1.62 bits per heavy atom. The minimum absolute atomic E-state index is 0.111. The van der Waals surface area contributed by atoms with Crippen LogP contribution < -0.4 is 5.73 Å². The molecule has 2 aromatic heterocycles. The Kier molecular flexibility index (Phi) is 8.43. The first-order valence-corrected chi connectivity index (χ1v) is 11.5. The van der Waals surface area contributed by atoms with Crippen LogP contribution in [0.15, 0.2) is 67.0 Å². The van der Waals surface area contributed by atoms with Crippen molar-refractivity contribution >= 4 is 28.7 Å². The van der Waals surface area contributed by atoms with Crippen LogP contribution in [0.25, 0.3) is 11.2 Å². The normalized spacial score (nSPS) is 13.2. The van der Waals surface area contributed by atoms with Crippen LogP contribution in [-0.4, -0.2) is 45.4 Å². The number of rotatable bonds is 12. The van der Waals surface area contributed by atoms with Crippen molar-refractivity contribution in [2.45, 2.75) is 38.4 Å². The number of fused-ring (bicyclic) bond motifs is 1. The van der Waals surface area contributed by atoms with Crippen LogP contribution in [0.5, 0.6) is 0 Å². The molecule has 2 aromatic carbocycles. The van der Waals surface area contributed by atoms with Gasteiger partial charge in [0.2, 0.25) is 5.95 Å². The van der Waals surface area contributed by atoms with Crippen molar-refractivity contribution in [1.29, 1.82) is 0 Å². The number of anilines is 1. The lowest BCUT2D eigenvalue weighted by Crippen LogP contribution is -2.35. The maximum atomic E-state index is 6.32. The highest BCUT2D eigenvalue weighted by atomic mass is 35.5. The summed E-state index contributed by atoms with van der Waals surface area (Å²) < 4.78 is 20.0. The van der Waals surface area contributed by atoms with Gasteiger partial charge in [-0.1, -0.05) is 72.3 Å². The van der Waals surface area contributed by atoms with E-state index in [1.165, 1.54) is 0 Å². The number of ether oxygens (including phenoxy) is 3. The Bertz CT molecular complexity index is 1170. The Morgan fingerprint density at radius 3 is 2.29 bits per heavy atom. The molecular weight excluding hydrogens is 454 g/mol. The van der Waals surface area contributed by atoms with E-state index in [-0.39, 0.29) is 23.3 Å². The summed E-state index contributed by atoms with van der Waals surface area (Å²) in [6, 6.07) is 20.1. The molecule has 0 radical (unpaired) electrons. The molecule has 9 heteroatoms. The lowest BCUT2D eigenvalue weighted by Gasteiger charge is -2.26. The molecule has 0 aliphatic heterocycles. The van der Waals surface area contributed by atoms with Crippen LogP contribution in [0.4, 0.5) is 5.95 Å². The summed E-state index contributed by atoms with van der Waals surface area (Å²) in [6.45, 7) is 1.96. The van der Waals surface area contributed by atoms with E-state index in [9.17, 15) is 0 Å². The molecule has 0 fully saturated rings. The average molecular weight is 482 g/mol. The van der Waals surface area contributed by atoms with Gasteiger partial charge in [-0.15, -0.1) is 0 Å². The van der Waals surface area contributed by atoms with E-state index in [4.69, 9.17) is 31.5 Å². The number of aryl methyl sites for hydroxylation is 1. The minimum Gasteiger partial charge on any atom is -0.376 e. The van der Waals surface area contributed by atoms with Crippen LogP contribution in [-0.2, 0) is 34.0 Å². The van der Waals surface area contributed by atoms with Gasteiger partial charge < -0.3 is 24.5 Å². The maximum absolute atomic E-state index is 6.32. The molecule has 8 nitrogen and oxygen atoms in total. The van der Waals surface area contributed by atoms with Crippen molar-refractivity contribution in [3.8, 4) is 0 Å². The van der Waals surface area contributed by atoms with Crippen LogP contribution >= 0.6 is 11.6 Å². The minimum atomic E-state index is -0.259. The molecule has 0 aliphatic rings. The molecule has 0 aliphatic carbocycles. The summed E-state index contributed by atoms with van der Waals surface area (Å²) in [4.78, 5) is 12.6. The van der Waals surface area contributed by atoms with Gasteiger partial charge in [-0.25, -0.2) is 4.98 Å². The van der Waals surface area contributed by atoms with Gasteiger partial charge in [0.25, 0.3) is 0 Å². The number of aromatic nitrogens is 4. The Labute approximate surface area is 203 Å². The molecule has 2 atom stereocenters. The molecule has 34 heavy (non-hydrogen) atoms. The fourth-order valence-electron chi connectivity index (χ4n) is 3.70. The summed E-state index contributed by atoms with van der Waals surface area (Å²) in [5, 5.41) is 0.238. The number of nitrogen functional groups attached to an aromatic ring is 1. The van der Waals surface area contributed by atoms with Gasteiger partial charge in [-0.2, -0.15) is 9.97 Å². The highest BCUT2D eigenvalue weighted by Gasteiger charge is 2.23. The van der Waals surface area contributed by atoms with Crippen molar-refractivity contribution in [3.63, 3.8) is 0 Å². The molecule has 4 aromatic rings. The molecule has 178 valence electrons. The predicted octanol–water partition coefficient (Wildman–Crippen LogP) is 4.27. The smallest absolute Gasteiger partial charge is 0.223 e. The van der Waals surface area contributed by atoms with Gasteiger partial charge in [0.05, 0.1) is 32.3 Å². The quantitative estimate of drug-likeness (QED) is 0.302. The fourth-order valence-corrected chi connectivity index (χ4v) is 3.92. The monoisotopic (exact) mass is 481 g/mol. The van der Waals surface area contributed by atoms with Crippen LogP contribution in [0, 0.1) is 0 Å². The Balaban J connectivity index is 1.45. The zero-order valence-electron chi connectivity index (χ0n) is 19.0. The number of benzene rings is 2. The van der Waals surface area contributed by atoms with E-state index < -0.39 is 0 Å². The molecule has 4 rings (SSSR count). The largest absolute Gasteiger partial charge is 0.376 e. The summed E-state index contributed by atoms with van der Waals surface area (Å²) in [5.41, 5.74) is 9.10. The van der Waals surface area contributed by atoms with Gasteiger partial charge >= 0.3 is 0 Å². The fraction of sp³-hybridized carbons (Fsp3) is 0.320. The summed E-state index contributed by atoms with van der Waals surface area (Å²) >= 11 is 6.17. The second-order valence-corrected chi connectivity index (χ2v) is 8.24. The zero-order chi connectivity index (χ0) is 23.8. The average Bonchev–Trinajstić information content (AvgIpc) is 3.27. The summed E-state index contributed by atoms with van der Waals surface area (Å²) in [5.74, 6) is 0.111. The topological polar surface area (TPSA) is 97.3 Å². The van der Waals surface area contributed by atoms with Crippen molar-refractivity contribution in [1.82, 2.24) is 19.5 Å². The van der Waals surface area contributed by atoms with E-state index in [1.807, 2.05) is 65.2 Å². The third-order valence-corrected chi connectivity index (χ3v) is 5.77. The van der Waals surface area contributed by atoms with E-state index in [0.29, 0.717) is 44.0 Å². The SMILES string of the molecule is CO[C@H](COCc1ccccc1)[C@H](CCn1cnc2c(Cl)nc(N)nc21)OCc1ccccc1. The van der Waals surface area contributed by atoms with Crippen molar-refractivity contribution in [2.24, 2.45) is 0 Å². The molecule has 2 heterocycles. The third-order valence-electron chi connectivity index (χ3n) is 5.51. The van der Waals surface area contributed by atoms with Crippen molar-refractivity contribution < 1.29 is 14.2 Å². The second-order valence-electron chi connectivity index (χ2n) is 7.88. The van der Waals surface area contributed by atoms with E-state index >= 15 is 0 Å². The summed E-state index contributed by atoms with van der Waals surface area (Å²) in [6.07, 6.45) is 1.85. The van der Waals surface area contributed by atoms with Gasteiger partial charge in [0, 0.05) is 13.7 Å². The lowest BCUT2D eigenvalue weighted by atomic mass is 10.1. The highest BCUT2D eigenvalue weighted by molar-refractivity contribution is 6.33. The number of hydrogen-bond donors (Lipinski definition) is 1. The number of nitrogens with zero attached hydrogens (tertiary/aromatic N) is 4. The Morgan fingerprint density at radius 1 is 0.941 bits per heavy atom. The maximum Gasteiger partial charge on any atom is 0.223 e. The third kappa shape index (κ3) is 6.30. The van der Waals surface area contributed by atoms with Crippen molar-refractivity contribution in [2.75, 3.05) is 19.5 Å². The first-order valence-electron chi connectivity index (χ1n) is 11.1. The van der Waals surface area contributed by atoms with Crippen molar-refractivity contribution in [3.05, 3.63) is 83.3 Å². The number of nitrogens with two attached hydrogens (primary N) is 1. The van der Waals surface area contributed by atoms with Gasteiger partial charge in [0.1, 0.15) is 11.6 Å². The van der Waals surface area contributed by atoms with Gasteiger partial charge in [0.15, 0.2) is 10.8 Å². The molecule has 0 unspecified atom stereocenters. The zero-order valence-corrected chi connectivity index (χ0v) is 19.8. The van der Waals surface area contributed by atoms with E-state index in [0.717, 1.165) is 11.1 Å². The standard InChI is InChI=1S/C25H28ClN5O3/c1-32-21(16-33-14-18-8-4-2-5-9-18)20(34-15-19-10-6-3-7-11-19)12-13-31-17-28-22-23(26)29-25(27)30-24(22)31/h2-11,17,20-21H,12-16H2,1H3,(H2,27,29,30)/t20-,21+/m0/s1. The van der Waals surface area contributed by atoms with Crippen LogP contribution in [0.2, 0.25) is 5.15 Å². The van der Waals surface area contributed by atoms with Crippen LogP contribution in [0.3, 0.4) is 0 Å². The van der Waals surface area contributed by atoms with Gasteiger partial charge in [-0.3, -0.25) is 0 Å². The molecular formula is C25H28ClN5O3. The molecule has 0 saturated heterocycles. The van der Waals surface area contributed by atoms with E-state index in [1.54, 1.807) is 13.4 Å². The molecule has 0 saturated carbocycles. The predicted molar refractivity (Wildman–Crippen MR) is 131 cm³/mol. The van der Waals surface area contributed by atoms with E-state index in [2.05, 4.69) is 15.0 Å². The highest BCUT2D eigenvalue weighted by Crippen LogP contribution is 2.21. The number of methoxy groups -OCH3 is 1. The number of imidazole rings is 1. The molecule has 0 bridgehead atoms. The first kappa shape index (κ1) is 24.1. The Hall–Kier alpha value is -3.04. The number of halogens is 1. The lowest BCUT2D eigenvalue weighted by molar-refractivity contribution is -0.101. The first-order chi connectivity index (χ1) is 16.6. The van der Waals surface area contributed by atoms with Crippen LogP contribution in [0.1, 0.15) is 17.5 Å². The summed E-state index contributed by atoms with van der Waals surface area (Å²) in [7, 11) is 1.68. The number of hydrogen-bond acceptors (Lipinski definition) is 7. The van der Waals surface area contributed by atoms with Gasteiger partial charge in [-0.05, 0) is 17.5 Å². The molecule has 0 spiro atoms. The molecule has 0 amide bonds. The second kappa shape index (κ2) is 11.9.